The fourth-order valence-corrected chi connectivity index (χ4v) is 14.3. The van der Waals surface area contributed by atoms with Crippen LogP contribution in [0, 0.1) is 0 Å². The summed E-state index contributed by atoms with van der Waals surface area (Å²) in [7, 11) is 11.4. The van der Waals surface area contributed by atoms with Crippen molar-refractivity contribution in [3.63, 3.8) is 0 Å². The molecule has 0 bridgehead atoms. The van der Waals surface area contributed by atoms with E-state index in [-0.39, 0.29) is 69.7 Å². The lowest BCUT2D eigenvalue weighted by atomic mass is 10.1. The number of phenols is 2. The summed E-state index contributed by atoms with van der Waals surface area (Å²) < 4.78 is 81.9. The molecule has 15 rings (SSSR count). The van der Waals surface area contributed by atoms with Gasteiger partial charge in [0.15, 0.2) is 40.2 Å². The van der Waals surface area contributed by atoms with Crippen LogP contribution < -0.4 is 42.6 Å². The van der Waals surface area contributed by atoms with Gasteiger partial charge in [0, 0.05) is 149 Å². The predicted molar refractivity (Wildman–Crippen MR) is 484 cm³/mol. The van der Waals surface area contributed by atoms with Crippen LogP contribution in [0.2, 0.25) is 0 Å². The van der Waals surface area contributed by atoms with Gasteiger partial charge in [-0.15, -0.1) is 12.6 Å². The number of hydrogen-bond donors (Lipinski definition) is 3. The third kappa shape index (κ3) is 20.7. The van der Waals surface area contributed by atoms with Crippen molar-refractivity contribution in [2.45, 2.75) is 119 Å². The fourth-order valence-electron chi connectivity index (χ4n) is 14.3. The van der Waals surface area contributed by atoms with Gasteiger partial charge >= 0.3 is 46.8 Å². The maximum Gasteiger partial charge on any atom is 0.425 e. The second kappa shape index (κ2) is 40.2. The first-order valence-corrected chi connectivity index (χ1v) is 41.5. The molecule has 4 heterocycles. The monoisotopic (exact) mass is 1750 g/mol. The van der Waals surface area contributed by atoms with E-state index in [9.17, 15) is 39.0 Å². The number of phenolic OH excluding ortho intramolecular Hbond substituents is 2. The van der Waals surface area contributed by atoms with Crippen molar-refractivity contribution < 1.29 is 94.2 Å². The average molecular weight is 1750 g/mol. The second-order valence-corrected chi connectivity index (χ2v) is 31.8. The van der Waals surface area contributed by atoms with Crippen molar-refractivity contribution in [1.82, 2.24) is 53.3 Å². The summed E-state index contributed by atoms with van der Waals surface area (Å²) in [6.07, 6.45) is -1.76. The van der Waals surface area contributed by atoms with Crippen LogP contribution in [0.15, 0.2) is 170 Å². The third-order valence-electron chi connectivity index (χ3n) is 20.2. The molecule has 31 nitrogen and oxygen atoms in total. The first kappa shape index (κ1) is 92.9. The summed E-state index contributed by atoms with van der Waals surface area (Å²) >= 11 is 0. The average Bonchev–Trinajstić information content (AvgIpc) is 1.65. The normalized spacial score (nSPS) is 11.1. The second-order valence-electron chi connectivity index (χ2n) is 31.4. The summed E-state index contributed by atoms with van der Waals surface area (Å²) in [6, 6.07) is 53.2. The maximum absolute atomic E-state index is 12.9. The molecule has 0 saturated heterocycles. The Labute approximate surface area is 733 Å². The Morgan fingerprint density at radius 3 is 0.866 bits per heavy atom. The van der Waals surface area contributed by atoms with Crippen molar-refractivity contribution in [2.75, 3.05) is 63.6 Å². The minimum Gasteiger partial charge on any atom is -0.504 e. The van der Waals surface area contributed by atoms with Crippen LogP contribution in [0.25, 0.3) is 87.2 Å². The molecule has 0 radical (unpaired) electrons. The van der Waals surface area contributed by atoms with Crippen LogP contribution in [0.5, 0.6) is 63.2 Å². The fraction of sp³-hybridized carbons (Fsp3) is 0.284. The molecule has 11 aromatic carbocycles. The molecular weight excluding hydrogens is 1650 g/mol. The van der Waals surface area contributed by atoms with E-state index in [1.54, 1.807) is 69.7 Å². The van der Waals surface area contributed by atoms with Gasteiger partial charge in [-0.05, 0) is 53.1 Å². The molecular formula is C95H101N11O20S. The highest BCUT2D eigenvalue weighted by Crippen LogP contribution is 2.50. The van der Waals surface area contributed by atoms with Gasteiger partial charge in [-0.1, -0.05) is 189 Å². The largest absolute Gasteiger partial charge is 0.504 e. The molecule has 3 N–H and O–H groups in total. The number of ether oxygens (including phenoxy) is 9. The molecule has 0 fully saturated rings. The zero-order valence-corrected chi connectivity index (χ0v) is 75.0. The summed E-state index contributed by atoms with van der Waals surface area (Å²) in [4.78, 5) is 101. The number of imidazole rings is 4. The number of rotatable bonds is 19. The quantitative estimate of drug-likeness (QED) is 0.0384. The first-order chi connectivity index (χ1) is 60.4. The number of amides is 3. The summed E-state index contributed by atoms with van der Waals surface area (Å²) in [5, 5.41) is 25.8. The highest BCUT2D eigenvalue weighted by Gasteiger charge is 2.33. The standard InChI is InChI=1S/C28H32N4O5.C27H29N3O5.C26H26N2O5.C14H14N2O2.O3S/c1-17(2)26-29-22-20-10-8-9-11-21(20)24(36-27(33)30(3)4)25(37-28(34)31(5)6)23(22)32(26)16-18-12-14-19(35-7)15-13-18;1-16(2)26-28-22-20-9-7-8-10-21(20)24(35-27(32)29(4)5)25(34-17(3)31)23(22)30(26)15-18-11-13-19(33-6)14-12-18;1-15(2)26-27-22-20-8-6-7-9-21(20)24(32-16(3)29)25(33-17(4)30)23(22)28(26)14-18-10-12-19(31-5)13-11-18;1-7(2)14-15-10-8-5-3-4-6-9(8)12(17)13(18)11(10)16-14;1-4(2)3/h8-15,17H,16H2,1-7H3;7-14,16H,15H2,1-6H3;6-13,15H,14H2,1-5H3;3-7,17-18H,1-2H3,(H,15,16);. The van der Waals surface area contributed by atoms with E-state index in [1.165, 1.54) is 35.5 Å². The van der Waals surface area contributed by atoms with E-state index in [0.29, 0.717) is 85.3 Å². The Bertz CT molecular complexity index is 6770. The lowest BCUT2D eigenvalue weighted by Crippen LogP contribution is -2.28. The molecule has 32 heteroatoms. The Kier molecular flexibility index (Phi) is 29.4. The first-order valence-electron chi connectivity index (χ1n) is 40.5. The van der Waals surface area contributed by atoms with Gasteiger partial charge in [0.25, 0.3) is 0 Å². The molecule has 662 valence electrons. The zero-order chi connectivity index (χ0) is 92.3. The number of benzene rings is 11. The van der Waals surface area contributed by atoms with Crippen LogP contribution in [-0.4, -0.2) is 176 Å². The van der Waals surface area contributed by atoms with Crippen molar-refractivity contribution in [1.29, 1.82) is 0 Å². The minimum absolute atomic E-state index is 0.0644. The smallest absolute Gasteiger partial charge is 0.425 e. The molecule has 0 unspecified atom stereocenters. The maximum atomic E-state index is 12.9. The number of nitrogens with zero attached hydrogens (tertiary/aromatic N) is 10. The number of nitrogens with one attached hydrogen (secondary N) is 1. The SMILES string of the molecule is CC(C)c1nc2c([nH]1)c(O)c(O)c1ccccc12.COc1ccc(Cn2c(C(C)C)nc3c4ccccc4c(OC(=O)N(C)C)c(OC(=O)N(C)C)c32)cc1.COc1ccc(Cn2c(C(C)C)nc3c4ccccc4c(OC(=O)N(C)C)c(OC(C)=O)c32)cc1.COc1ccc(Cn2c(C(C)C)nc3c4ccccc4c(OC(C)=O)c(OC(C)=O)c32)cc1.O=S(=O)=O. The topological polar surface area (TPSA) is 369 Å². The molecule has 0 aliphatic heterocycles. The lowest BCUT2D eigenvalue weighted by molar-refractivity contribution is -0.134. The number of fused-ring (bicyclic) bond motifs is 12. The van der Waals surface area contributed by atoms with Crippen molar-refractivity contribution in [3.05, 3.63) is 210 Å². The van der Waals surface area contributed by atoms with Crippen LogP contribution >= 0.6 is 0 Å². The Hall–Kier alpha value is -14.8. The summed E-state index contributed by atoms with van der Waals surface area (Å²) in [5.74, 6) is 5.35. The Morgan fingerprint density at radius 2 is 0.598 bits per heavy atom. The van der Waals surface area contributed by atoms with Gasteiger partial charge < -0.3 is 86.2 Å². The zero-order valence-electron chi connectivity index (χ0n) is 74.2. The highest BCUT2D eigenvalue weighted by molar-refractivity contribution is 7.59. The van der Waals surface area contributed by atoms with Gasteiger partial charge in [-0.3, -0.25) is 14.4 Å². The number of carbonyl (C=O) groups is 6. The van der Waals surface area contributed by atoms with E-state index in [0.717, 1.165) is 78.8 Å². The van der Waals surface area contributed by atoms with Gasteiger partial charge in [0.2, 0.25) is 5.75 Å². The lowest BCUT2D eigenvalue weighted by Gasteiger charge is -2.20. The molecule has 0 spiro atoms. The van der Waals surface area contributed by atoms with Crippen molar-refractivity contribution >= 4 is 134 Å². The number of methoxy groups -OCH3 is 3. The van der Waals surface area contributed by atoms with Crippen LogP contribution in [0.4, 0.5) is 14.4 Å². The number of aromatic amines is 1. The molecule has 0 aliphatic rings. The number of aromatic hydroxyl groups is 2. The van der Waals surface area contributed by atoms with E-state index >= 15 is 0 Å². The van der Waals surface area contributed by atoms with Crippen molar-refractivity contribution in [3.8, 4) is 63.2 Å². The molecule has 0 saturated carbocycles. The number of aromatic nitrogens is 8. The molecule has 0 aliphatic carbocycles. The van der Waals surface area contributed by atoms with Crippen molar-refractivity contribution in [2.24, 2.45) is 0 Å². The molecule has 4 aromatic heterocycles. The number of hydrogen-bond acceptors (Lipinski definition) is 24. The molecule has 0 atom stereocenters. The predicted octanol–water partition coefficient (Wildman–Crippen LogP) is 18.3. The number of H-pyrrole nitrogens is 1. The molecule has 3 amide bonds. The van der Waals surface area contributed by atoms with E-state index < -0.39 is 46.8 Å². The van der Waals surface area contributed by atoms with Crippen LogP contribution in [0.1, 0.15) is 140 Å². The molecule has 15 aromatic rings. The van der Waals surface area contributed by atoms with Crippen LogP contribution in [0.3, 0.4) is 0 Å². The van der Waals surface area contributed by atoms with Gasteiger partial charge in [-0.25, -0.2) is 34.3 Å². The van der Waals surface area contributed by atoms with E-state index in [1.807, 2.05) is 191 Å². The molecule has 127 heavy (non-hydrogen) atoms. The van der Waals surface area contributed by atoms with E-state index in [2.05, 4.69) is 51.5 Å². The Morgan fingerprint density at radius 1 is 0.346 bits per heavy atom. The van der Waals surface area contributed by atoms with Gasteiger partial charge in [0.1, 0.15) is 84.7 Å². The van der Waals surface area contributed by atoms with E-state index in [4.69, 9.17) is 70.2 Å². The Balaban J connectivity index is 0.000000165. The third-order valence-corrected chi connectivity index (χ3v) is 20.2. The highest BCUT2D eigenvalue weighted by atomic mass is 32.2. The van der Waals surface area contributed by atoms with Crippen LogP contribution in [-0.2, 0) is 44.6 Å². The number of carbonyl (C=O) groups excluding carboxylic acids is 6. The number of esters is 3. The van der Waals surface area contributed by atoms with Gasteiger partial charge in [0.05, 0.1) is 21.3 Å². The summed E-state index contributed by atoms with van der Waals surface area (Å²) in [6.45, 7) is 21.8. The van der Waals surface area contributed by atoms with Gasteiger partial charge in [-0.2, -0.15) is 0 Å². The summed E-state index contributed by atoms with van der Waals surface area (Å²) in [5.41, 5.74) is 8.06. The minimum atomic E-state index is -3.11.